The summed E-state index contributed by atoms with van der Waals surface area (Å²) in [5.41, 5.74) is 0.612. The number of hydrogen-bond acceptors (Lipinski definition) is 15. The Hall–Kier alpha value is -5.77. The lowest BCUT2D eigenvalue weighted by atomic mass is 9.46. The first kappa shape index (κ1) is 63.7. The van der Waals surface area contributed by atoms with Gasteiger partial charge in [0.15, 0.2) is 6.04 Å². The number of unbranched alkanes of at least 4 members (excludes halogenated alkanes) is 3. The Morgan fingerprint density at radius 2 is 1.68 bits per heavy atom. The molecule has 12 atom stereocenters. The SMILES string of the molecule is C=c1c(C)c(O)c(=C)c(C(C)(C)CC(=O)N(C)CCN(CCCCCC(=O)NCCCCC(NC(=O)CCC(C)C2CCC3C4CCC5CC(O)CCC5(C)C4CC4OC423)C(=O)O)C(=O)Oc2ccc3nc(C4=NC(C(=O)O)CS4)sc3c2)c1O. The summed E-state index contributed by atoms with van der Waals surface area (Å²) in [6.07, 6.45) is 12.2. The fourth-order valence-corrected chi connectivity index (χ4v) is 17.6. The Bertz CT molecular complexity index is 3170. The van der Waals surface area contributed by atoms with Gasteiger partial charge in [-0.3, -0.25) is 19.4 Å². The summed E-state index contributed by atoms with van der Waals surface area (Å²) < 4.78 is 13.4. The number of amides is 4. The van der Waals surface area contributed by atoms with Gasteiger partial charge in [0, 0.05) is 91.3 Å². The molecule has 6 aliphatic rings. The van der Waals surface area contributed by atoms with E-state index in [-0.39, 0.29) is 120 Å². The lowest BCUT2D eigenvalue weighted by molar-refractivity contribution is -0.142. The number of fused-ring (bicyclic) bond motifs is 5. The van der Waals surface area contributed by atoms with Crippen LogP contribution in [0.4, 0.5) is 4.79 Å². The van der Waals surface area contributed by atoms with Crippen molar-refractivity contribution in [2.45, 2.75) is 186 Å². The van der Waals surface area contributed by atoms with Crippen molar-refractivity contribution in [3.8, 4) is 17.2 Å². The van der Waals surface area contributed by atoms with Crippen molar-refractivity contribution < 1.29 is 63.8 Å². The van der Waals surface area contributed by atoms with Gasteiger partial charge < -0.3 is 55.4 Å². The third-order valence-electron chi connectivity index (χ3n) is 20.4. The molecule has 0 bridgehead atoms. The number of thioether (sulfide) groups is 1. The molecule has 3 aromatic rings. The second kappa shape index (κ2) is 26.3. The monoisotopic (exact) mass is 1210 g/mol. The van der Waals surface area contributed by atoms with E-state index in [1.54, 1.807) is 46.0 Å². The van der Waals surface area contributed by atoms with E-state index in [1.165, 1.54) is 52.2 Å². The van der Waals surface area contributed by atoms with Gasteiger partial charge in [-0.05, 0) is 150 Å². The van der Waals surface area contributed by atoms with Gasteiger partial charge in [-0.2, -0.15) is 0 Å². The maximum Gasteiger partial charge on any atom is 0.415 e. The zero-order valence-corrected chi connectivity index (χ0v) is 51.9. The number of carbonyl (C=O) groups excluding carboxylic acids is 4. The molecule has 4 aliphatic carbocycles. The molecule has 3 heterocycles. The first-order chi connectivity index (χ1) is 40.3. The van der Waals surface area contributed by atoms with E-state index in [1.807, 2.05) is 0 Å². The number of rotatable bonds is 26. The van der Waals surface area contributed by atoms with Crippen molar-refractivity contribution >= 4 is 87.3 Å². The highest BCUT2D eigenvalue weighted by Crippen LogP contribution is 2.72. The molecule has 464 valence electrons. The van der Waals surface area contributed by atoms with Gasteiger partial charge in [0.1, 0.15) is 38.9 Å². The number of thiazole rings is 1. The zero-order chi connectivity index (χ0) is 61.3. The number of aromatic nitrogens is 1. The number of carbonyl (C=O) groups is 6. The van der Waals surface area contributed by atoms with Crippen LogP contribution < -0.4 is 25.8 Å². The molecule has 2 aliphatic heterocycles. The van der Waals surface area contributed by atoms with Crippen LogP contribution in [0.2, 0.25) is 0 Å². The molecular weight excluding hydrogens is 1120 g/mol. The Labute approximate surface area is 506 Å². The van der Waals surface area contributed by atoms with Crippen LogP contribution in [0.3, 0.4) is 0 Å². The maximum atomic E-state index is 13.9. The molecular formula is C64H88N6O13S2. The average molecular weight is 1210 g/mol. The van der Waals surface area contributed by atoms with E-state index < -0.39 is 35.5 Å². The number of nitrogens with zero attached hydrogens (tertiary/aromatic N) is 4. The van der Waals surface area contributed by atoms with Crippen molar-refractivity contribution in [2.75, 3.05) is 39.0 Å². The molecule has 1 saturated heterocycles. The third kappa shape index (κ3) is 13.7. The molecule has 0 radical (unpaired) electrons. The van der Waals surface area contributed by atoms with Gasteiger partial charge in [0.2, 0.25) is 17.7 Å². The summed E-state index contributed by atoms with van der Waals surface area (Å²) in [6, 6.07) is 3.17. The standard InChI is InChI=1S/C64H88N6O13S2/c1-35(43-20-21-44-42-19-17-39-30-40(71)24-25-63(39,7)45(42)32-50-64(43,44)83-50)16-23-52(73)66-47(59(77)78)14-11-12-26-65-51(72)15-10-9-13-27-70(29-28-69(8)53(74)33-62(5,6)54-38(4)55(75)36(2)37(3)56(54)76)61(81)82-41-18-22-46-49(31-41)85-58(67-46)57-68-48(34-84-57)60(79)80/h18,22,31,35,39-40,42-45,47-48,50,71,75-76H,3-4,9-17,19-21,23-30,32-34H2,1-2,5-8H3,(H,65,72)(H,66,73)(H,77,78)(H,79,80). The molecule has 5 fully saturated rings. The molecule has 19 nitrogen and oxygen atoms in total. The van der Waals surface area contributed by atoms with Crippen molar-refractivity contribution in [3.05, 3.63) is 44.8 Å². The molecule has 1 aromatic heterocycles. The van der Waals surface area contributed by atoms with E-state index in [9.17, 15) is 54.3 Å². The molecule has 7 N–H and O–H groups in total. The molecule has 2 aromatic carbocycles. The normalized spacial score (nSPS) is 27.3. The van der Waals surface area contributed by atoms with Crippen LogP contribution in [0.5, 0.6) is 17.2 Å². The number of aliphatic hydroxyl groups excluding tert-OH is 1. The highest BCUT2D eigenvalue weighted by molar-refractivity contribution is 8.15. The number of carboxylic acids is 2. The number of phenols is 2. The summed E-state index contributed by atoms with van der Waals surface area (Å²) >= 11 is 2.64. The average Bonchev–Trinajstić information content (AvgIpc) is 1.55. The highest BCUT2D eigenvalue weighted by atomic mass is 32.2. The second-order valence-corrected chi connectivity index (χ2v) is 28.3. The number of aliphatic hydroxyl groups is 1. The lowest BCUT2D eigenvalue weighted by Crippen LogP contribution is -2.54. The van der Waals surface area contributed by atoms with Gasteiger partial charge in [-0.15, -0.1) is 23.1 Å². The van der Waals surface area contributed by atoms with Crippen LogP contribution >= 0.6 is 23.1 Å². The van der Waals surface area contributed by atoms with Gasteiger partial charge >= 0.3 is 18.0 Å². The van der Waals surface area contributed by atoms with Crippen molar-refractivity contribution in [1.82, 2.24) is 25.4 Å². The van der Waals surface area contributed by atoms with E-state index in [2.05, 4.69) is 47.6 Å². The number of aromatic hydroxyl groups is 2. The molecule has 21 heteroatoms. The third-order valence-corrected chi connectivity index (χ3v) is 22.6. The number of likely N-dealkylation sites (N-methyl/N-ethyl adjacent to an activating group) is 1. The maximum absolute atomic E-state index is 13.9. The van der Waals surface area contributed by atoms with Gasteiger partial charge in [0.25, 0.3) is 0 Å². The molecule has 1 spiro atoms. The quantitative estimate of drug-likeness (QED) is 0.0228. The zero-order valence-electron chi connectivity index (χ0n) is 50.3. The van der Waals surface area contributed by atoms with E-state index in [0.717, 1.165) is 32.1 Å². The molecule has 4 saturated carbocycles. The number of epoxide rings is 1. The number of aliphatic imine (C=N–C) groups is 1. The fourth-order valence-electron chi connectivity index (χ4n) is 15.5. The number of benzene rings is 2. The van der Waals surface area contributed by atoms with Crippen molar-refractivity contribution in [3.63, 3.8) is 0 Å². The minimum atomic E-state index is -1.08. The summed E-state index contributed by atoms with van der Waals surface area (Å²) in [5.74, 6) is 0.720. The number of hydrogen-bond donors (Lipinski definition) is 7. The van der Waals surface area contributed by atoms with Crippen LogP contribution in [-0.2, 0) is 34.1 Å². The van der Waals surface area contributed by atoms with E-state index in [4.69, 9.17) is 9.47 Å². The Kier molecular flexibility index (Phi) is 19.7. The summed E-state index contributed by atoms with van der Waals surface area (Å²) in [6.45, 7) is 18.6. The van der Waals surface area contributed by atoms with E-state index >= 15 is 0 Å². The van der Waals surface area contributed by atoms with Crippen LogP contribution in [0, 0.1) is 47.8 Å². The van der Waals surface area contributed by atoms with Crippen molar-refractivity contribution in [2.24, 2.45) is 45.9 Å². The van der Waals surface area contributed by atoms with Crippen LogP contribution in [-0.4, -0.2) is 150 Å². The first-order valence-corrected chi connectivity index (χ1v) is 32.6. The molecule has 9 rings (SSSR count). The molecule has 85 heavy (non-hydrogen) atoms. The number of carboxylic acid groups (broad SMARTS) is 2. The lowest BCUT2D eigenvalue weighted by Gasteiger charge is -2.58. The second-order valence-electron chi connectivity index (χ2n) is 26.2. The smallest absolute Gasteiger partial charge is 0.415 e. The Balaban J connectivity index is 0.706. The van der Waals surface area contributed by atoms with Gasteiger partial charge in [-0.1, -0.05) is 47.3 Å². The van der Waals surface area contributed by atoms with Gasteiger partial charge in [-0.25, -0.2) is 19.4 Å². The fraction of sp³-hybridized carbons (Fsp3) is 0.656. The van der Waals surface area contributed by atoms with Crippen molar-refractivity contribution in [1.29, 1.82) is 0 Å². The predicted molar refractivity (Wildman–Crippen MR) is 327 cm³/mol. The largest absolute Gasteiger partial charge is 0.507 e. The highest BCUT2D eigenvalue weighted by Gasteiger charge is 2.75. The predicted octanol–water partition coefficient (Wildman–Crippen LogP) is 8.00. The Morgan fingerprint density at radius 3 is 2.42 bits per heavy atom. The van der Waals surface area contributed by atoms with Crippen LogP contribution in [0.1, 0.15) is 159 Å². The Morgan fingerprint density at radius 1 is 0.906 bits per heavy atom. The topological polar surface area (TPSA) is 281 Å². The number of nitrogens with one attached hydrogen (secondary N) is 2. The minimum Gasteiger partial charge on any atom is -0.507 e. The summed E-state index contributed by atoms with van der Waals surface area (Å²) in [5, 5.41) is 59.0. The van der Waals surface area contributed by atoms with E-state index in [0.29, 0.717) is 112 Å². The molecule has 4 amide bonds. The first-order valence-electron chi connectivity index (χ1n) is 30.8. The van der Waals surface area contributed by atoms with Gasteiger partial charge in [0.05, 0.1) is 22.4 Å². The summed E-state index contributed by atoms with van der Waals surface area (Å²) in [7, 11) is 1.62. The number of ether oxygens (including phenoxy) is 2. The summed E-state index contributed by atoms with van der Waals surface area (Å²) in [4.78, 5) is 89.6. The minimum absolute atomic E-state index is 0.0537. The molecule has 12 unspecified atom stereocenters. The number of aliphatic carboxylic acids is 2. The number of phenolic OH excluding ortho intramolecular Hbond substituents is 2. The van der Waals surface area contributed by atoms with Crippen LogP contribution in [0.15, 0.2) is 23.2 Å². The van der Waals surface area contributed by atoms with Crippen LogP contribution in [0.25, 0.3) is 23.4 Å².